The number of hydrazone groups is 1. The highest BCUT2D eigenvalue weighted by molar-refractivity contribution is 7.80. The molecule has 3 N–H and O–H groups in total. The molecule has 0 amide bonds. The Morgan fingerprint density at radius 2 is 2.00 bits per heavy atom. The van der Waals surface area contributed by atoms with Crippen LogP contribution in [0.4, 0.5) is 22.0 Å². The zero-order valence-corrected chi connectivity index (χ0v) is 9.78. The second-order valence-corrected chi connectivity index (χ2v) is 3.50. The third kappa shape index (κ3) is 4.66. The number of thiocarbonyl (C=S) groups is 1. The number of nitrogens with two attached hydrogens (primary N) is 1. The first-order valence-corrected chi connectivity index (χ1v) is 4.94. The van der Waals surface area contributed by atoms with Gasteiger partial charge in [-0.1, -0.05) is 0 Å². The van der Waals surface area contributed by atoms with E-state index in [9.17, 15) is 22.0 Å². The van der Waals surface area contributed by atoms with Crippen molar-refractivity contribution in [1.29, 1.82) is 0 Å². The van der Waals surface area contributed by atoms with Crippen molar-refractivity contribution in [3.8, 4) is 5.75 Å². The molecule has 0 fully saturated rings. The number of nitrogens with zero attached hydrogens (tertiary/aromatic N) is 1. The first-order chi connectivity index (χ1) is 8.70. The molecular weight excluding hydrogens is 293 g/mol. The summed E-state index contributed by atoms with van der Waals surface area (Å²) in [5.74, 6) is -4.60. The van der Waals surface area contributed by atoms with Crippen LogP contribution in [-0.4, -0.2) is 17.7 Å². The molecule has 0 spiro atoms. The third-order valence-electron chi connectivity index (χ3n) is 1.68. The average molecular weight is 299 g/mol. The summed E-state index contributed by atoms with van der Waals surface area (Å²) in [6, 6.07) is 1.48. The van der Waals surface area contributed by atoms with Gasteiger partial charge in [-0.25, -0.2) is 8.78 Å². The van der Waals surface area contributed by atoms with Gasteiger partial charge in [-0.3, -0.25) is 5.43 Å². The summed E-state index contributed by atoms with van der Waals surface area (Å²) in [7, 11) is 0. The maximum absolute atomic E-state index is 13.5. The molecule has 0 radical (unpaired) electrons. The van der Waals surface area contributed by atoms with Crippen molar-refractivity contribution in [3.05, 3.63) is 29.3 Å². The van der Waals surface area contributed by atoms with Crippen molar-refractivity contribution in [2.45, 2.75) is 6.36 Å². The van der Waals surface area contributed by atoms with Crippen LogP contribution in [-0.2, 0) is 0 Å². The van der Waals surface area contributed by atoms with Gasteiger partial charge in [0.15, 0.2) is 16.7 Å². The number of rotatable bonds is 3. The van der Waals surface area contributed by atoms with E-state index in [1.54, 1.807) is 0 Å². The fraction of sp³-hybridized carbons (Fsp3) is 0.111. The Bertz CT molecular complexity index is 517. The molecule has 0 aliphatic heterocycles. The molecule has 104 valence electrons. The Kier molecular flexibility index (Phi) is 4.59. The lowest BCUT2D eigenvalue weighted by molar-refractivity contribution is -0.276. The third-order valence-corrected chi connectivity index (χ3v) is 1.77. The van der Waals surface area contributed by atoms with Crippen molar-refractivity contribution in [1.82, 2.24) is 5.43 Å². The molecule has 0 unspecified atom stereocenters. The summed E-state index contributed by atoms with van der Waals surface area (Å²) in [5.41, 5.74) is 6.63. The van der Waals surface area contributed by atoms with Gasteiger partial charge in [0.2, 0.25) is 5.75 Å². The Hall–Kier alpha value is -1.97. The summed E-state index contributed by atoms with van der Waals surface area (Å²) < 4.78 is 65.7. The zero-order valence-electron chi connectivity index (χ0n) is 8.96. The van der Waals surface area contributed by atoms with Crippen molar-refractivity contribution in [2.75, 3.05) is 0 Å². The Morgan fingerprint density at radius 1 is 1.37 bits per heavy atom. The summed E-state index contributed by atoms with van der Waals surface area (Å²) in [6.07, 6.45) is -4.44. The summed E-state index contributed by atoms with van der Waals surface area (Å²) >= 11 is 4.39. The first-order valence-electron chi connectivity index (χ1n) is 4.53. The van der Waals surface area contributed by atoms with Crippen molar-refractivity contribution in [2.24, 2.45) is 10.8 Å². The number of hydrogen-bond acceptors (Lipinski definition) is 3. The number of hydrogen-bond donors (Lipinski definition) is 2. The standard InChI is InChI=1S/C9H6F5N3OS/c10-5-2-1-4(3-16-17-8(15)19)6(11)7(5)18-9(12,13)14/h1-3H,(H3,15,17,19). The SMILES string of the molecule is NC(=S)NN=Cc1ccc(F)c(OC(F)(F)F)c1F. The second-order valence-electron chi connectivity index (χ2n) is 3.06. The van der Waals surface area contributed by atoms with Gasteiger partial charge in [0.1, 0.15) is 0 Å². The lowest BCUT2D eigenvalue weighted by atomic mass is 10.2. The van der Waals surface area contributed by atoms with Crippen LogP contribution < -0.4 is 15.9 Å². The normalized spacial score (nSPS) is 11.6. The van der Waals surface area contributed by atoms with Gasteiger partial charge in [-0.2, -0.15) is 5.10 Å². The van der Waals surface area contributed by atoms with Crippen LogP contribution in [0.25, 0.3) is 0 Å². The highest BCUT2D eigenvalue weighted by Gasteiger charge is 2.34. The van der Waals surface area contributed by atoms with E-state index < -0.39 is 29.3 Å². The minimum Gasteiger partial charge on any atom is -0.399 e. The number of ether oxygens (including phenoxy) is 1. The molecule has 0 aromatic heterocycles. The molecule has 19 heavy (non-hydrogen) atoms. The predicted octanol–water partition coefficient (Wildman–Crippen LogP) is 2.03. The topological polar surface area (TPSA) is 59.6 Å². The summed E-state index contributed by atoms with van der Waals surface area (Å²) in [6.45, 7) is 0. The van der Waals surface area contributed by atoms with E-state index in [0.29, 0.717) is 6.07 Å². The van der Waals surface area contributed by atoms with E-state index in [0.717, 1.165) is 12.3 Å². The Labute approximate surface area is 109 Å². The number of alkyl halides is 3. The molecule has 0 atom stereocenters. The largest absolute Gasteiger partial charge is 0.573 e. The van der Waals surface area contributed by atoms with Crippen molar-refractivity contribution in [3.63, 3.8) is 0 Å². The number of halogens is 5. The van der Waals surface area contributed by atoms with Crippen LogP contribution in [0.3, 0.4) is 0 Å². The maximum Gasteiger partial charge on any atom is 0.573 e. The molecule has 1 rings (SSSR count). The molecule has 0 aliphatic rings. The van der Waals surface area contributed by atoms with E-state index >= 15 is 0 Å². The van der Waals surface area contributed by atoms with Gasteiger partial charge >= 0.3 is 6.36 Å². The van der Waals surface area contributed by atoms with Gasteiger partial charge in [-0.05, 0) is 24.4 Å². The predicted molar refractivity (Wildman–Crippen MR) is 60.6 cm³/mol. The fourth-order valence-corrected chi connectivity index (χ4v) is 1.07. The monoisotopic (exact) mass is 299 g/mol. The van der Waals surface area contributed by atoms with E-state index in [4.69, 9.17) is 5.73 Å². The highest BCUT2D eigenvalue weighted by Crippen LogP contribution is 2.29. The van der Waals surface area contributed by atoms with Crippen LogP contribution in [0.2, 0.25) is 0 Å². The van der Waals surface area contributed by atoms with Gasteiger partial charge in [0.25, 0.3) is 0 Å². The van der Waals surface area contributed by atoms with Gasteiger partial charge in [-0.15, -0.1) is 13.2 Å². The maximum atomic E-state index is 13.5. The van der Waals surface area contributed by atoms with Crippen LogP contribution in [0.15, 0.2) is 17.2 Å². The first kappa shape index (κ1) is 15.1. The molecule has 0 saturated carbocycles. The lowest BCUT2D eigenvalue weighted by Crippen LogP contribution is -2.24. The molecule has 10 heteroatoms. The highest BCUT2D eigenvalue weighted by atomic mass is 32.1. The number of nitrogens with one attached hydrogen (secondary N) is 1. The van der Waals surface area contributed by atoms with Crippen LogP contribution in [0, 0.1) is 11.6 Å². The number of benzene rings is 1. The van der Waals surface area contributed by atoms with Crippen LogP contribution in [0.1, 0.15) is 5.56 Å². The van der Waals surface area contributed by atoms with Crippen molar-refractivity contribution >= 4 is 23.5 Å². The van der Waals surface area contributed by atoms with Gasteiger partial charge in [0.05, 0.1) is 6.21 Å². The molecule has 0 aliphatic carbocycles. The molecular formula is C9H6F5N3OS. The fourth-order valence-electron chi connectivity index (χ4n) is 1.02. The molecule has 1 aromatic carbocycles. The molecule has 0 heterocycles. The minimum absolute atomic E-state index is 0.231. The van der Waals surface area contributed by atoms with Gasteiger partial charge < -0.3 is 10.5 Å². The van der Waals surface area contributed by atoms with E-state index in [2.05, 4.69) is 27.5 Å². The molecule has 0 saturated heterocycles. The van der Waals surface area contributed by atoms with Crippen LogP contribution in [0.5, 0.6) is 5.75 Å². The molecule has 0 bridgehead atoms. The molecule has 4 nitrogen and oxygen atoms in total. The molecule has 1 aromatic rings. The minimum atomic E-state index is -5.21. The Morgan fingerprint density at radius 3 is 2.53 bits per heavy atom. The van der Waals surface area contributed by atoms with E-state index in [-0.39, 0.29) is 5.11 Å². The van der Waals surface area contributed by atoms with E-state index in [1.807, 2.05) is 0 Å². The van der Waals surface area contributed by atoms with Crippen LogP contribution >= 0.6 is 12.2 Å². The quantitative estimate of drug-likeness (QED) is 0.388. The summed E-state index contributed by atoms with van der Waals surface area (Å²) in [5, 5.41) is 3.10. The smallest absolute Gasteiger partial charge is 0.399 e. The summed E-state index contributed by atoms with van der Waals surface area (Å²) in [4.78, 5) is 0. The zero-order chi connectivity index (χ0) is 14.6. The second kappa shape index (κ2) is 5.78. The van der Waals surface area contributed by atoms with Crippen molar-refractivity contribution < 1.29 is 26.7 Å². The lowest BCUT2D eigenvalue weighted by Gasteiger charge is -2.11. The Balaban J connectivity index is 3.06. The average Bonchev–Trinajstić information content (AvgIpc) is 2.26. The van der Waals surface area contributed by atoms with Gasteiger partial charge in [0, 0.05) is 5.56 Å². The van der Waals surface area contributed by atoms with E-state index in [1.165, 1.54) is 0 Å².